The maximum absolute atomic E-state index is 11.3. The van der Waals surface area contributed by atoms with Crippen molar-refractivity contribution in [3.63, 3.8) is 0 Å². The maximum Gasteiger partial charge on any atom is 0.209 e. The van der Waals surface area contributed by atoms with E-state index in [2.05, 4.69) is 26.6 Å². The number of pyridine rings is 1. The molecule has 1 aromatic carbocycles. The Labute approximate surface area is 177 Å². The fourth-order valence-corrected chi connectivity index (χ4v) is 4.44. The van der Waals surface area contributed by atoms with E-state index >= 15 is 0 Å². The van der Waals surface area contributed by atoms with Crippen molar-refractivity contribution in [1.29, 1.82) is 0 Å². The SMILES string of the molecule is CN1CCC[C@H](COc2ccnc3[nH]cc(-c4ccc(CNS(C)(=O)=O)cc4)c23)C1. The van der Waals surface area contributed by atoms with Crippen molar-refractivity contribution in [2.24, 2.45) is 5.92 Å². The van der Waals surface area contributed by atoms with Crippen molar-refractivity contribution in [2.45, 2.75) is 19.4 Å². The van der Waals surface area contributed by atoms with Gasteiger partial charge in [-0.2, -0.15) is 0 Å². The fraction of sp³-hybridized carbons (Fsp3) is 0.409. The molecule has 0 unspecified atom stereocenters. The molecule has 1 aliphatic heterocycles. The average Bonchev–Trinajstić information content (AvgIpc) is 3.15. The number of aromatic nitrogens is 2. The number of hydrogen-bond acceptors (Lipinski definition) is 5. The number of sulfonamides is 1. The molecule has 0 aliphatic carbocycles. The van der Waals surface area contributed by atoms with Crippen molar-refractivity contribution in [3.05, 3.63) is 48.3 Å². The molecule has 1 aliphatic rings. The topological polar surface area (TPSA) is 87.3 Å². The lowest BCUT2D eigenvalue weighted by Crippen LogP contribution is -2.34. The molecule has 1 saturated heterocycles. The van der Waals surface area contributed by atoms with Crippen LogP contribution in [0.1, 0.15) is 18.4 Å². The van der Waals surface area contributed by atoms with E-state index < -0.39 is 10.0 Å². The lowest BCUT2D eigenvalue weighted by molar-refractivity contribution is 0.151. The summed E-state index contributed by atoms with van der Waals surface area (Å²) in [6.07, 6.45) is 7.29. The number of piperidine rings is 1. The number of ether oxygens (including phenoxy) is 1. The Morgan fingerprint density at radius 2 is 2.07 bits per heavy atom. The molecular weight excluding hydrogens is 400 g/mol. The Balaban J connectivity index is 1.54. The summed E-state index contributed by atoms with van der Waals surface area (Å²) in [6, 6.07) is 9.78. The van der Waals surface area contributed by atoms with Gasteiger partial charge in [-0.1, -0.05) is 24.3 Å². The highest BCUT2D eigenvalue weighted by molar-refractivity contribution is 7.88. The van der Waals surface area contributed by atoms with Gasteiger partial charge in [0.25, 0.3) is 0 Å². The smallest absolute Gasteiger partial charge is 0.209 e. The number of H-pyrrole nitrogens is 1. The largest absolute Gasteiger partial charge is 0.492 e. The third-order valence-corrected chi connectivity index (χ3v) is 6.20. The van der Waals surface area contributed by atoms with Crippen LogP contribution >= 0.6 is 0 Å². The molecule has 1 fully saturated rings. The van der Waals surface area contributed by atoms with E-state index in [0.717, 1.165) is 52.8 Å². The molecule has 8 heteroatoms. The number of aromatic amines is 1. The highest BCUT2D eigenvalue weighted by Crippen LogP contribution is 2.35. The summed E-state index contributed by atoms with van der Waals surface area (Å²) in [5.41, 5.74) is 3.75. The Hall–Kier alpha value is -2.42. The summed E-state index contributed by atoms with van der Waals surface area (Å²) in [6.45, 7) is 3.20. The minimum Gasteiger partial charge on any atom is -0.492 e. The van der Waals surface area contributed by atoms with Gasteiger partial charge in [0.1, 0.15) is 11.4 Å². The third kappa shape index (κ3) is 5.00. The Morgan fingerprint density at radius 3 is 2.80 bits per heavy atom. The van der Waals surface area contributed by atoms with Crippen molar-refractivity contribution in [2.75, 3.05) is 33.0 Å². The number of benzene rings is 1. The van der Waals surface area contributed by atoms with Gasteiger partial charge in [-0.05, 0) is 43.6 Å². The maximum atomic E-state index is 11.3. The van der Waals surface area contributed by atoms with Crippen molar-refractivity contribution >= 4 is 21.1 Å². The van der Waals surface area contributed by atoms with Gasteiger partial charge in [-0.15, -0.1) is 0 Å². The van der Waals surface area contributed by atoms with Gasteiger partial charge < -0.3 is 14.6 Å². The van der Waals surface area contributed by atoms with Crippen LogP contribution in [0.3, 0.4) is 0 Å². The van der Waals surface area contributed by atoms with E-state index in [1.165, 1.54) is 12.8 Å². The molecule has 0 bridgehead atoms. The number of likely N-dealkylation sites (tertiary alicyclic amines) is 1. The molecule has 0 radical (unpaired) electrons. The van der Waals surface area contributed by atoms with Gasteiger partial charge in [0, 0.05) is 37.0 Å². The van der Waals surface area contributed by atoms with Gasteiger partial charge in [-0.3, -0.25) is 0 Å². The van der Waals surface area contributed by atoms with Crippen LogP contribution in [-0.4, -0.2) is 56.3 Å². The molecule has 2 N–H and O–H groups in total. The fourth-order valence-electron chi connectivity index (χ4n) is 4.01. The number of nitrogens with zero attached hydrogens (tertiary/aromatic N) is 2. The van der Waals surface area contributed by atoms with E-state index in [1.54, 1.807) is 6.20 Å². The van der Waals surface area contributed by atoms with Crippen molar-refractivity contribution < 1.29 is 13.2 Å². The summed E-state index contributed by atoms with van der Waals surface area (Å²) in [5.74, 6) is 1.38. The Kier molecular flexibility index (Phi) is 6.08. The number of fused-ring (bicyclic) bond motifs is 1. The van der Waals surface area contributed by atoms with Gasteiger partial charge in [0.15, 0.2) is 0 Å². The summed E-state index contributed by atoms with van der Waals surface area (Å²) in [7, 11) is -1.05. The van der Waals surface area contributed by atoms with Crippen LogP contribution in [-0.2, 0) is 16.6 Å². The standard InChI is InChI=1S/C22H28N4O3S/c1-26-11-3-4-17(14-26)15-29-20-9-10-23-22-21(20)19(13-24-22)18-7-5-16(6-8-18)12-25-30(2,27)28/h5-10,13,17,25H,3-4,11-12,14-15H2,1-2H3,(H,23,24)/t17-/m0/s1. The zero-order valence-corrected chi connectivity index (χ0v) is 18.2. The monoisotopic (exact) mass is 428 g/mol. The molecule has 0 amide bonds. The second kappa shape index (κ2) is 8.75. The zero-order chi connectivity index (χ0) is 21.1. The molecule has 4 rings (SSSR count). The van der Waals surface area contributed by atoms with Crippen LogP contribution in [0, 0.1) is 5.92 Å². The molecule has 1 atom stereocenters. The van der Waals surface area contributed by atoms with E-state index in [4.69, 9.17) is 4.74 Å². The van der Waals surface area contributed by atoms with Gasteiger partial charge in [0.2, 0.25) is 10.0 Å². The first kappa shape index (κ1) is 20.8. The predicted molar refractivity (Wildman–Crippen MR) is 119 cm³/mol. The van der Waals surface area contributed by atoms with Crippen LogP contribution < -0.4 is 9.46 Å². The number of rotatable bonds is 7. The first-order valence-corrected chi connectivity index (χ1v) is 12.1. The van der Waals surface area contributed by atoms with Crippen LogP contribution in [0.5, 0.6) is 5.75 Å². The van der Waals surface area contributed by atoms with E-state index in [0.29, 0.717) is 12.5 Å². The average molecular weight is 429 g/mol. The lowest BCUT2D eigenvalue weighted by atomic mass is 9.99. The highest BCUT2D eigenvalue weighted by atomic mass is 32.2. The second-order valence-corrected chi connectivity index (χ2v) is 9.94. The third-order valence-electron chi connectivity index (χ3n) is 5.54. The minimum atomic E-state index is -3.21. The highest BCUT2D eigenvalue weighted by Gasteiger charge is 2.19. The number of nitrogens with one attached hydrogen (secondary N) is 2. The molecule has 160 valence electrons. The summed E-state index contributed by atoms with van der Waals surface area (Å²) in [4.78, 5) is 10.1. The summed E-state index contributed by atoms with van der Waals surface area (Å²) >= 11 is 0. The molecule has 3 aromatic rings. The molecule has 2 aromatic heterocycles. The number of hydrogen-bond donors (Lipinski definition) is 2. The normalized spacial score (nSPS) is 18.0. The van der Waals surface area contributed by atoms with Crippen molar-refractivity contribution in [1.82, 2.24) is 19.6 Å². The van der Waals surface area contributed by atoms with Gasteiger partial charge in [-0.25, -0.2) is 18.1 Å². The lowest BCUT2D eigenvalue weighted by Gasteiger charge is -2.29. The molecule has 0 spiro atoms. The summed E-state index contributed by atoms with van der Waals surface area (Å²) < 4.78 is 31.4. The first-order chi connectivity index (χ1) is 14.4. The van der Waals surface area contributed by atoms with Crippen LogP contribution in [0.4, 0.5) is 0 Å². The second-order valence-electron chi connectivity index (χ2n) is 8.11. The van der Waals surface area contributed by atoms with E-state index in [1.807, 2.05) is 36.5 Å². The molecule has 3 heterocycles. The van der Waals surface area contributed by atoms with Gasteiger partial charge >= 0.3 is 0 Å². The molecule has 30 heavy (non-hydrogen) atoms. The zero-order valence-electron chi connectivity index (χ0n) is 17.4. The van der Waals surface area contributed by atoms with Crippen LogP contribution in [0.2, 0.25) is 0 Å². The van der Waals surface area contributed by atoms with E-state index in [9.17, 15) is 8.42 Å². The van der Waals surface area contributed by atoms with E-state index in [-0.39, 0.29) is 6.54 Å². The quantitative estimate of drug-likeness (QED) is 0.604. The first-order valence-electron chi connectivity index (χ1n) is 10.2. The Bertz CT molecular complexity index is 1110. The van der Waals surface area contributed by atoms with Crippen LogP contribution in [0.15, 0.2) is 42.7 Å². The predicted octanol–water partition coefficient (Wildman–Crippen LogP) is 3.00. The summed E-state index contributed by atoms with van der Waals surface area (Å²) in [5, 5.41) is 0.976. The molecule has 0 saturated carbocycles. The van der Waals surface area contributed by atoms with Crippen LogP contribution in [0.25, 0.3) is 22.2 Å². The van der Waals surface area contributed by atoms with Gasteiger partial charge in [0.05, 0.1) is 18.2 Å². The Morgan fingerprint density at radius 1 is 1.27 bits per heavy atom. The minimum absolute atomic E-state index is 0.277. The van der Waals surface area contributed by atoms with Crippen molar-refractivity contribution in [3.8, 4) is 16.9 Å². The molecular formula is C22H28N4O3S. The molecule has 7 nitrogen and oxygen atoms in total.